The van der Waals surface area contributed by atoms with Gasteiger partial charge in [-0.05, 0) is 140 Å². The molecule has 3 heterocycles. The number of halogens is 1. The van der Waals surface area contributed by atoms with E-state index in [0.29, 0.717) is 74.1 Å². The quantitative estimate of drug-likeness (QED) is 0.0996. The van der Waals surface area contributed by atoms with Gasteiger partial charge < -0.3 is 43.9 Å². The lowest BCUT2D eigenvalue weighted by atomic mass is 9.95. The molecular formula is C55H60ClN5O10S. The molecule has 0 aliphatic heterocycles. The Morgan fingerprint density at radius 2 is 1.58 bits per heavy atom. The number of fused-ring (bicyclic) bond motifs is 4. The summed E-state index contributed by atoms with van der Waals surface area (Å²) in [5, 5.41) is 15.6. The van der Waals surface area contributed by atoms with Gasteiger partial charge in [0.15, 0.2) is 17.2 Å². The number of hydrogen-bond donors (Lipinski definition) is 2. The minimum atomic E-state index is -0.955. The molecule has 0 spiro atoms. The molecule has 17 heteroatoms. The lowest BCUT2D eigenvalue weighted by Crippen LogP contribution is -2.31. The second kappa shape index (κ2) is 25.1. The summed E-state index contributed by atoms with van der Waals surface area (Å²) in [5.41, 5.74) is 5.34. The summed E-state index contributed by atoms with van der Waals surface area (Å²) in [7, 11) is 11.9. The molecule has 2 N–H and O–H groups in total. The van der Waals surface area contributed by atoms with E-state index in [2.05, 4.69) is 57.8 Å². The standard InChI is InChI=1S/C22H25NO6.C19H16ClNO4.C14H19N3S/c1-12(24)23-16-8-6-13-10-19(27-3)21(28-4)22(29-5)20(13)14-7-9-18(26-2)17(25)11-15(14)16;1-11-15(10-18(22)23)16-9-14(25-2)7-8-17(16)21(11)19(24)12-3-5-13(20)6-4-12;1-16(2)9-10-17(12-13-6-5-11-18-13)14-7-3-4-8-15-14/h7,9-11,16H,6,8H2,1-5H3,(H,23,24);3-9H,10H2,1-2H3,(H,22,23);3-8,11H,9-10,12H2,1-2H3/t16-;;/m0../s1. The number of carbonyl (C=O) groups excluding carboxylic acids is 2. The average molecular weight is 1020 g/mol. The highest BCUT2D eigenvalue weighted by atomic mass is 35.5. The molecule has 0 bridgehead atoms. The first-order valence-electron chi connectivity index (χ1n) is 23.0. The smallest absolute Gasteiger partial charge is 0.307 e. The van der Waals surface area contributed by atoms with Crippen LogP contribution in [-0.2, 0) is 29.0 Å². The Balaban J connectivity index is 0.000000181. The number of hydrogen-bond acceptors (Lipinski definition) is 13. The summed E-state index contributed by atoms with van der Waals surface area (Å²) in [5.74, 6) is 2.07. The molecule has 1 aliphatic rings. The Morgan fingerprint density at radius 3 is 2.18 bits per heavy atom. The number of aryl methyl sites for hydroxylation is 1. The lowest BCUT2D eigenvalue weighted by molar-refractivity contribution is -0.136. The molecule has 0 radical (unpaired) electrons. The molecule has 1 amide bonds. The predicted octanol–water partition coefficient (Wildman–Crippen LogP) is 9.51. The fourth-order valence-corrected chi connectivity index (χ4v) is 9.38. The monoisotopic (exact) mass is 1020 g/mol. The van der Waals surface area contributed by atoms with Crippen molar-refractivity contribution in [3.05, 3.63) is 157 Å². The third-order valence-electron chi connectivity index (χ3n) is 12.0. The highest BCUT2D eigenvalue weighted by molar-refractivity contribution is 7.09. The van der Waals surface area contributed by atoms with E-state index < -0.39 is 5.97 Å². The minimum Gasteiger partial charge on any atom is -0.497 e. The first-order valence-corrected chi connectivity index (χ1v) is 24.2. The molecule has 4 aromatic carbocycles. The minimum absolute atomic E-state index is 0.167. The summed E-state index contributed by atoms with van der Waals surface area (Å²) in [6.45, 7) is 6.16. The second-order valence-electron chi connectivity index (χ2n) is 16.9. The van der Waals surface area contributed by atoms with Crippen LogP contribution in [-0.4, -0.2) is 100 Å². The number of carboxylic acid groups (broad SMARTS) is 1. The van der Waals surface area contributed by atoms with Crippen molar-refractivity contribution in [2.24, 2.45) is 0 Å². The van der Waals surface area contributed by atoms with Gasteiger partial charge in [0.1, 0.15) is 11.6 Å². The number of carboxylic acids is 1. The molecule has 72 heavy (non-hydrogen) atoms. The molecule has 8 rings (SSSR count). The number of thiophene rings is 1. The number of carbonyl (C=O) groups is 3. The summed E-state index contributed by atoms with van der Waals surface area (Å²) in [4.78, 5) is 59.1. The normalized spacial score (nSPS) is 12.4. The first kappa shape index (κ1) is 53.9. The fourth-order valence-electron chi connectivity index (χ4n) is 8.54. The maximum absolute atomic E-state index is 13.0. The van der Waals surface area contributed by atoms with Crippen LogP contribution in [0.25, 0.3) is 22.0 Å². The largest absolute Gasteiger partial charge is 0.497 e. The van der Waals surface area contributed by atoms with Crippen molar-refractivity contribution in [3.63, 3.8) is 0 Å². The van der Waals surface area contributed by atoms with Gasteiger partial charge in [0, 0.05) is 58.3 Å². The number of amides is 1. The van der Waals surface area contributed by atoms with E-state index in [0.717, 1.165) is 42.1 Å². The van der Waals surface area contributed by atoms with E-state index in [9.17, 15) is 24.3 Å². The highest BCUT2D eigenvalue weighted by Gasteiger charge is 2.30. The number of likely N-dealkylation sites (N-methyl/N-ethyl adjacent to an activating group) is 1. The molecular weight excluding hydrogens is 958 g/mol. The molecule has 1 atom stereocenters. The molecule has 3 aromatic heterocycles. The summed E-state index contributed by atoms with van der Waals surface area (Å²) < 4.78 is 28.8. The summed E-state index contributed by atoms with van der Waals surface area (Å²) >= 11 is 7.68. The van der Waals surface area contributed by atoms with Crippen LogP contribution in [0.15, 0.2) is 113 Å². The van der Waals surface area contributed by atoms with Crippen molar-refractivity contribution in [1.82, 2.24) is 19.8 Å². The molecule has 1 aliphatic carbocycles. The van der Waals surface area contributed by atoms with Crippen molar-refractivity contribution in [2.45, 2.75) is 45.7 Å². The van der Waals surface area contributed by atoms with Gasteiger partial charge in [0.2, 0.25) is 17.1 Å². The number of anilines is 1. The third-order valence-corrected chi connectivity index (χ3v) is 13.1. The zero-order valence-corrected chi connectivity index (χ0v) is 43.5. The number of rotatable bonds is 15. The Kier molecular flexibility index (Phi) is 18.8. The van der Waals surface area contributed by atoms with Crippen molar-refractivity contribution in [3.8, 4) is 39.9 Å². The van der Waals surface area contributed by atoms with E-state index in [-0.39, 0.29) is 35.5 Å². The number of pyridine rings is 1. The predicted molar refractivity (Wildman–Crippen MR) is 283 cm³/mol. The number of ether oxygens (including phenoxy) is 5. The second-order valence-corrected chi connectivity index (χ2v) is 18.4. The molecule has 0 saturated carbocycles. The van der Waals surface area contributed by atoms with Gasteiger partial charge in [-0.15, -0.1) is 11.3 Å². The van der Waals surface area contributed by atoms with E-state index in [1.165, 1.54) is 29.5 Å². The number of aliphatic carboxylic acids is 1. The SMILES string of the molecule is CN(C)CCN(Cc1cccs1)c1ccccn1.COc1cc2c(c(OC)c1OC)-c1ccc(OC)c(=O)cc1[C@@H](NC(C)=O)CC2.COc1ccc2c(c1)c(CC(=O)O)c(C)n2C(=O)c1ccc(Cl)cc1. The summed E-state index contributed by atoms with van der Waals surface area (Å²) in [6, 6.07) is 28.8. The van der Waals surface area contributed by atoms with Crippen LogP contribution in [0.3, 0.4) is 0 Å². The average Bonchev–Trinajstić information content (AvgIpc) is 3.90. The molecule has 378 valence electrons. The van der Waals surface area contributed by atoms with Gasteiger partial charge in [0.25, 0.3) is 5.91 Å². The fraction of sp³-hybridized carbons (Fsp3) is 0.291. The highest BCUT2D eigenvalue weighted by Crippen LogP contribution is 2.50. The Labute approximate surface area is 428 Å². The first-order chi connectivity index (χ1) is 34.6. The van der Waals surface area contributed by atoms with Gasteiger partial charge in [-0.1, -0.05) is 29.8 Å². The zero-order chi connectivity index (χ0) is 52.1. The van der Waals surface area contributed by atoms with Crippen molar-refractivity contribution >= 4 is 57.4 Å². The lowest BCUT2D eigenvalue weighted by Gasteiger charge is -2.24. The van der Waals surface area contributed by atoms with E-state index >= 15 is 0 Å². The number of benzene rings is 3. The van der Waals surface area contributed by atoms with Crippen LogP contribution in [0, 0.1) is 6.92 Å². The van der Waals surface area contributed by atoms with Gasteiger partial charge in [-0.3, -0.25) is 23.7 Å². The topological polar surface area (TPSA) is 171 Å². The Bertz CT molecular complexity index is 3060. The maximum atomic E-state index is 13.0. The summed E-state index contributed by atoms with van der Waals surface area (Å²) in [6.07, 6.45) is 2.95. The number of aromatic nitrogens is 2. The van der Waals surface area contributed by atoms with Crippen molar-refractivity contribution in [1.29, 1.82) is 0 Å². The zero-order valence-electron chi connectivity index (χ0n) is 41.9. The van der Waals surface area contributed by atoms with Crippen LogP contribution in [0.5, 0.6) is 28.7 Å². The van der Waals surface area contributed by atoms with Crippen LogP contribution < -0.4 is 39.3 Å². The van der Waals surface area contributed by atoms with Crippen LogP contribution in [0.1, 0.15) is 57.0 Å². The van der Waals surface area contributed by atoms with Gasteiger partial charge in [0.05, 0.1) is 60.1 Å². The maximum Gasteiger partial charge on any atom is 0.307 e. The van der Waals surface area contributed by atoms with Crippen LogP contribution in [0.4, 0.5) is 5.82 Å². The van der Waals surface area contributed by atoms with E-state index in [1.54, 1.807) is 95.2 Å². The van der Waals surface area contributed by atoms with Crippen molar-refractivity contribution < 1.29 is 43.2 Å². The molecule has 15 nitrogen and oxygen atoms in total. The molecule has 7 aromatic rings. The van der Waals surface area contributed by atoms with E-state index in [4.69, 9.17) is 35.3 Å². The Hall–Kier alpha value is -7.40. The van der Waals surface area contributed by atoms with Gasteiger partial charge in [-0.25, -0.2) is 4.98 Å². The Morgan fingerprint density at radius 1 is 0.847 bits per heavy atom. The van der Waals surface area contributed by atoms with Gasteiger partial charge >= 0.3 is 5.97 Å². The number of nitrogens with one attached hydrogen (secondary N) is 1. The third kappa shape index (κ3) is 12.9. The number of nitrogens with zero attached hydrogens (tertiary/aromatic N) is 4. The molecule has 0 fully saturated rings. The molecule has 0 unspecified atom stereocenters. The molecule has 0 saturated heterocycles. The van der Waals surface area contributed by atoms with Crippen LogP contribution >= 0.6 is 22.9 Å². The van der Waals surface area contributed by atoms with Crippen LogP contribution in [0.2, 0.25) is 5.02 Å². The van der Waals surface area contributed by atoms with E-state index in [1.807, 2.05) is 30.5 Å². The van der Waals surface area contributed by atoms with Crippen molar-refractivity contribution in [2.75, 3.05) is 67.6 Å². The number of methoxy groups -OCH3 is 5. The van der Waals surface area contributed by atoms with Gasteiger partial charge in [-0.2, -0.15) is 0 Å².